The van der Waals surface area contributed by atoms with E-state index in [1.807, 2.05) is 51.1 Å². The number of ether oxygens (including phenoxy) is 2. The van der Waals surface area contributed by atoms with Crippen molar-refractivity contribution in [3.05, 3.63) is 35.9 Å². The molecule has 28 heavy (non-hydrogen) atoms. The van der Waals surface area contributed by atoms with Crippen LogP contribution in [0.5, 0.6) is 0 Å². The van der Waals surface area contributed by atoms with Gasteiger partial charge in [0.2, 0.25) is 0 Å². The van der Waals surface area contributed by atoms with E-state index in [1.165, 1.54) is 0 Å². The van der Waals surface area contributed by atoms with E-state index in [0.717, 1.165) is 5.56 Å². The number of likely N-dealkylation sites (tertiary alicyclic amines) is 1. The Morgan fingerprint density at radius 3 is 2.50 bits per heavy atom. The van der Waals surface area contributed by atoms with Crippen LogP contribution in [0.15, 0.2) is 30.3 Å². The minimum atomic E-state index is -0.990. The molecule has 6 atom stereocenters. The van der Waals surface area contributed by atoms with Gasteiger partial charge >= 0.3 is 12.1 Å². The van der Waals surface area contributed by atoms with Crippen LogP contribution in [0.3, 0.4) is 0 Å². The molecule has 0 aromatic heterocycles. The molecule has 1 saturated carbocycles. The summed E-state index contributed by atoms with van der Waals surface area (Å²) in [5.74, 6) is -0.434. The zero-order chi connectivity index (χ0) is 20.6. The molecule has 0 bridgehead atoms. The van der Waals surface area contributed by atoms with E-state index in [4.69, 9.17) is 9.47 Å². The molecular weight excluding hydrogens is 358 g/mol. The van der Waals surface area contributed by atoms with Crippen LogP contribution < -0.4 is 0 Å². The molecule has 1 amide bonds. The third-order valence-corrected chi connectivity index (χ3v) is 5.81. The van der Waals surface area contributed by atoms with Crippen LogP contribution in [-0.2, 0) is 20.9 Å². The summed E-state index contributed by atoms with van der Waals surface area (Å²) >= 11 is 0. The lowest BCUT2D eigenvalue weighted by molar-refractivity contribution is -0.154. The Morgan fingerprint density at radius 1 is 1.25 bits per heavy atom. The quantitative estimate of drug-likeness (QED) is 0.782. The number of fused-ring (bicyclic) bond motifs is 1. The lowest BCUT2D eigenvalue weighted by Gasteiger charge is -2.35. The molecule has 2 fully saturated rings. The molecule has 1 aromatic carbocycles. The normalized spacial score (nSPS) is 28.3. The third-order valence-electron chi connectivity index (χ3n) is 5.81. The molecule has 1 heterocycles. The number of amides is 1. The summed E-state index contributed by atoms with van der Waals surface area (Å²) in [7, 11) is 0. The molecule has 1 N–H and O–H groups in total. The zero-order valence-electron chi connectivity index (χ0n) is 17.3. The molecule has 0 radical (unpaired) electrons. The van der Waals surface area contributed by atoms with Crippen LogP contribution in [0, 0.1) is 17.8 Å². The first kappa shape index (κ1) is 20.6. The summed E-state index contributed by atoms with van der Waals surface area (Å²) < 4.78 is 10.9. The van der Waals surface area contributed by atoms with E-state index in [0.29, 0.717) is 18.3 Å². The van der Waals surface area contributed by atoms with Gasteiger partial charge in [0.05, 0.1) is 18.1 Å². The average Bonchev–Trinajstić information content (AvgIpc) is 3.07. The largest absolute Gasteiger partial charge is 0.461 e. The number of benzene rings is 1. The first-order valence-electron chi connectivity index (χ1n) is 10.00. The van der Waals surface area contributed by atoms with Crippen LogP contribution in [-0.4, -0.2) is 45.9 Å². The maximum Gasteiger partial charge on any atom is 0.410 e. The fourth-order valence-corrected chi connectivity index (χ4v) is 4.16. The van der Waals surface area contributed by atoms with Crippen LogP contribution in [0.25, 0.3) is 0 Å². The molecule has 1 unspecified atom stereocenters. The lowest BCUT2D eigenvalue weighted by Crippen LogP contribution is -2.50. The fraction of sp³-hybridized carbons (Fsp3) is 0.636. The predicted octanol–water partition coefficient (Wildman–Crippen LogP) is 3.37. The Balaban J connectivity index is 1.63. The Bertz CT molecular complexity index is 713. The van der Waals surface area contributed by atoms with Gasteiger partial charge in [0.25, 0.3) is 0 Å². The van der Waals surface area contributed by atoms with Gasteiger partial charge in [0.15, 0.2) is 0 Å². The van der Waals surface area contributed by atoms with Crippen LogP contribution in [0.4, 0.5) is 4.79 Å². The second-order valence-electron chi connectivity index (χ2n) is 9.08. The lowest BCUT2D eigenvalue weighted by atomic mass is 9.94. The smallest absolute Gasteiger partial charge is 0.410 e. The molecule has 1 aliphatic heterocycles. The highest BCUT2D eigenvalue weighted by atomic mass is 16.6. The monoisotopic (exact) mass is 389 g/mol. The van der Waals surface area contributed by atoms with Gasteiger partial charge in [0.1, 0.15) is 12.2 Å². The number of piperidine rings is 1. The van der Waals surface area contributed by atoms with Gasteiger partial charge in [-0.3, -0.25) is 9.69 Å². The summed E-state index contributed by atoms with van der Waals surface area (Å²) in [6, 6.07) is 9.07. The van der Waals surface area contributed by atoms with Gasteiger partial charge in [-0.25, -0.2) is 4.79 Å². The molecule has 1 saturated heterocycles. The number of carbonyl (C=O) groups is 2. The van der Waals surface area contributed by atoms with E-state index < -0.39 is 35.7 Å². The molecule has 0 spiro atoms. The van der Waals surface area contributed by atoms with Gasteiger partial charge in [0, 0.05) is 6.04 Å². The number of nitrogens with zero attached hydrogens (tertiary/aromatic N) is 1. The van der Waals surface area contributed by atoms with E-state index in [-0.39, 0.29) is 12.6 Å². The maximum atomic E-state index is 12.7. The van der Waals surface area contributed by atoms with Crippen LogP contribution in [0.1, 0.15) is 46.6 Å². The van der Waals surface area contributed by atoms with Gasteiger partial charge in [-0.05, 0) is 51.5 Å². The number of aliphatic hydroxyl groups is 1. The van der Waals surface area contributed by atoms with Gasteiger partial charge in [-0.2, -0.15) is 0 Å². The second-order valence-corrected chi connectivity index (χ2v) is 9.08. The van der Waals surface area contributed by atoms with E-state index in [2.05, 4.69) is 6.92 Å². The number of carbonyl (C=O) groups excluding carboxylic acids is 2. The predicted molar refractivity (Wildman–Crippen MR) is 104 cm³/mol. The van der Waals surface area contributed by atoms with Crippen molar-refractivity contribution in [3.8, 4) is 0 Å². The summed E-state index contributed by atoms with van der Waals surface area (Å²) in [6.45, 7) is 9.39. The van der Waals surface area contributed by atoms with E-state index in [9.17, 15) is 14.7 Å². The summed E-state index contributed by atoms with van der Waals surface area (Å²) in [4.78, 5) is 26.9. The molecular formula is C22H31NO5. The number of hydrogen-bond acceptors (Lipinski definition) is 5. The first-order valence-corrected chi connectivity index (χ1v) is 10.00. The van der Waals surface area contributed by atoms with Crippen molar-refractivity contribution in [1.82, 2.24) is 4.90 Å². The maximum absolute atomic E-state index is 12.7. The van der Waals surface area contributed by atoms with Gasteiger partial charge in [-0.15, -0.1) is 0 Å². The highest BCUT2D eigenvalue weighted by Crippen LogP contribution is 2.54. The van der Waals surface area contributed by atoms with Crippen LogP contribution in [0.2, 0.25) is 0 Å². The number of rotatable bonds is 5. The van der Waals surface area contributed by atoms with E-state index >= 15 is 0 Å². The van der Waals surface area contributed by atoms with Crippen molar-refractivity contribution >= 4 is 12.1 Å². The molecule has 1 aliphatic carbocycles. The zero-order valence-corrected chi connectivity index (χ0v) is 17.3. The third kappa shape index (κ3) is 4.32. The Kier molecular flexibility index (Phi) is 5.71. The van der Waals surface area contributed by atoms with E-state index in [1.54, 1.807) is 11.8 Å². The van der Waals surface area contributed by atoms with Crippen molar-refractivity contribution in [3.63, 3.8) is 0 Å². The molecule has 6 heteroatoms. The highest BCUT2D eigenvalue weighted by Gasteiger charge is 2.62. The van der Waals surface area contributed by atoms with Gasteiger partial charge < -0.3 is 14.6 Å². The summed E-state index contributed by atoms with van der Waals surface area (Å²) in [5.41, 5.74) is 0.284. The second kappa shape index (κ2) is 7.74. The molecule has 1 aromatic rings. The molecule has 6 nitrogen and oxygen atoms in total. The standard InChI is InChI=1S/C22H31NO5/c1-13-16-11-17(23(18(13)16)21(26)28-22(3,4)5)19(24)14(2)20(25)27-12-15-9-7-6-8-10-15/h6-10,13-14,16-19,24H,11-12H2,1-5H3/t13-,14+,16?,17-,18-,19+/m0/s1. The molecule has 154 valence electrons. The van der Waals surface area contributed by atoms with Crippen molar-refractivity contribution < 1.29 is 24.2 Å². The summed E-state index contributed by atoms with van der Waals surface area (Å²) in [6.07, 6.45) is -0.725. The minimum absolute atomic E-state index is 0.0852. The topological polar surface area (TPSA) is 76.1 Å². The Morgan fingerprint density at radius 2 is 1.89 bits per heavy atom. The number of hydrogen-bond donors (Lipinski definition) is 1. The summed E-state index contributed by atoms with van der Waals surface area (Å²) in [5, 5.41) is 10.9. The van der Waals surface area contributed by atoms with Crippen molar-refractivity contribution in [2.45, 2.75) is 71.4 Å². The SMILES string of the molecule is C[C@@H](C(=O)OCc1ccccc1)[C@@H](O)[C@@H]1CC2[C@H]([C@H]2C)N1C(=O)OC(C)(C)C. The average molecular weight is 389 g/mol. The van der Waals surface area contributed by atoms with Crippen LogP contribution >= 0.6 is 0 Å². The first-order chi connectivity index (χ1) is 13.1. The van der Waals surface area contributed by atoms with Crippen molar-refractivity contribution in [2.75, 3.05) is 0 Å². The molecule has 2 aliphatic rings. The number of aliphatic hydroxyl groups excluding tert-OH is 1. The Hall–Kier alpha value is -2.08. The fourth-order valence-electron chi connectivity index (χ4n) is 4.16. The molecule has 3 rings (SSSR count). The minimum Gasteiger partial charge on any atom is -0.461 e. The van der Waals surface area contributed by atoms with Crippen molar-refractivity contribution in [1.29, 1.82) is 0 Å². The number of esters is 1. The highest BCUT2D eigenvalue weighted by molar-refractivity contribution is 5.74. The Labute approximate surface area is 166 Å². The van der Waals surface area contributed by atoms with Crippen molar-refractivity contribution in [2.24, 2.45) is 17.8 Å². The van der Waals surface area contributed by atoms with Gasteiger partial charge in [-0.1, -0.05) is 37.3 Å².